The molecule has 0 unspecified atom stereocenters. The minimum Gasteiger partial charge on any atom is -0.294 e. The van der Waals surface area contributed by atoms with E-state index in [1.807, 2.05) is 6.07 Å². The van der Waals surface area contributed by atoms with Crippen LogP contribution in [0.4, 0.5) is 0 Å². The molecule has 0 radical (unpaired) electrons. The molecule has 4 aromatic carbocycles. The minimum atomic E-state index is 0.282. The second kappa shape index (κ2) is 6.24. The molecular weight excluding hydrogens is 292 g/mol. The molecule has 0 fully saturated rings. The zero-order valence-electron chi connectivity index (χ0n) is 14.1. The van der Waals surface area contributed by atoms with E-state index in [4.69, 9.17) is 0 Å². The molecule has 24 heavy (non-hydrogen) atoms. The number of Topliss-reactive ketones (excluding diaryl/α,β-unsaturated/α-hetero) is 1. The van der Waals surface area contributed by atoms with Crippen LogP contribution >= 0.6 is 0 Å². The van der Waals surface area contributed by atoms with Crippen LogP contribution in [-0.4, -0.2) is 5.78 Å². The minimum absolute atomic E-state index is 0.282. The zero-order chi connectivity index (χ0) is 16.5. The smallest absolute Gasteiger partial charge is 0.163 e. The van der Waals surface area contributed by atoms with Crippen molar-refractivity contribution >= 4 is 38.1 Å². The van der Waals surface area contributed by atoms with Crippen LogP contribution in [0.15, 0.2) is 54.6 Å². The van der Waals surface area contributed by atoms with Crippen molar-refractivity contribution in [3.8, 4) is 0 Å². The van der Waals surface area contributed by atoms with Gasteiger partial charge in [-0.25, -0.2) is 0 Å². The first kappa shape index (κ1) is 15.1. The van der Waals surface area contributed by atoms with Gasteiger partial charge in [0.15, 0.2) is 5.78 Å². The van der Waals surface area contributed by atoms with Crippen molar-refractivity contribution in [2.75, 3.05) is 0 Å². The maximum atomic E-state index is 12.8. The lowest BCUT2D eigenvalue weighted by atomic mass is 9.90. The molecule has 0 amide bonds. The molecule has 0 spiro atoms. The van der Waals surface area contributed by atoms with E-state index < -0.39 is 0 Å². The Bertz CT molecular complexity index is 997. The van der Waals surface area contributed by atoms with E-state index in [9.17, 15) is 4.79 Å². The summed E-state index contributed by atoms with van der Waals surface area (Å²) in [4.78, 5) is 12.8. The lowest BCUT2D eigenvalue weighted by Gasteiger charge is -2.13. The van der Waals surface area contributed by atoms with Crippen LogP contribution in [0.3, 0.4) is 0 Å². The highest BCUT2D eigenvalue weighted by molar-refractivity contribution is 6.26. The summed E-state index contributed by atoms with van der Waals surface area (Å²) >= 11 is 0. The van der Waals surface area contributed by atoms with E-state index in [0.717, 1.165) is 23.8 Å². The van der Waals surface area contributed by atoms with Crippen LogP contribution in [0.2, 0.25) is 0 Å². The topological polar surface area (TPSA) is 17.1 Å². The van der Waals surface area contributed by atoms with Gasteiger partial charge in [0.1, 0.15) is 0 Å². The molecule has 0 heterocycles. The Balaban J connectivity index is 1.83. The summed E-state index contributed by atoms with van der Waals surface area (Å²) in [5, 5.41) is 7.35. The van der Waals surface area contributed by atoms with Gasteiger partial charge in [0.2, 0.25) is 0 Å². The van der Waals surface area contributed by atoms with Crippen LogP contribution in [0, 0.1) is 0 Å². The second-order valence-corrected chi connectivity index (χ2v) is 6.70. The fourth-order valence-corrected chi connectivity index (χ4v) is 3.83. The molecule has 4 aromatic rings. The number of rotatable bonds is 6. The van der Waals surface area contributed by atoms with Crippen molar-refractivity contribution in [2.24, 2.45) is 0 Å². The number of ketones is 1. The molecule has 0 aliphatic carbocycles. The number of hydrogen-bond acceptors (Lipinski definition) is 1. The molecule has 0 aromatic heterocycles. The highest BCUT2D eigenvalue weighted by atomic mass is 16.1. The lowest BCUT2D eigenvalue weighted by Crippen LogP contribution is -2.00. The van der Waals surface area contributed by atoms with Crippen molar-refractivity contribution in [1.29, 1.82) is 0 Å². The van der Waals surface area contributed by atoms with E-state index in [-0.39, 0.29) is 5.78 Å². The molecule has 0 bridgehead atoms. The third kappa shape index (κ3) is 2.45. The number of carbonyl (C=O) groups excluding carboxylic acids is 1. The van der Waals surface area contributed by atoms with Gasteiger partial charge in [0.05, 0.1) is 0 Å². The molecule has 1 nitrogen and oxygen atoms in total. The van der Waals surface area contributed by atoms with Crippen LogP contribution in [-0.2, 0) is 0 Å². The Kier molecular flexibility index (Phi) is 3.93. The maximum Gasteiger partial charge on any atom is 0.163 e. The first-order chi connectivity index (χ1) is 11.8. The first-order valence-electron chi connectivity index (χ1n) is 8.99. The maximum absolute atomic E-state index is 12.8. The SMILES string of the molecule is CCCCCCC(=O)c1ccc2ccc3cccc4ccc1c2c34. The van der Waals surface area contributed by atoms with Crippen LogP contribution in [0.5, 0.6) is 0 Å². The predicted octanol–water partition coefficient (Wildman–Crippen LogP) is 6.74. The van der Waals surface area contributed by atoms with Gasteiger partial charge in [0.25, 0.3) is 0 Å². The zero-order valence-corrected chi connectivity index (χ0v) is 14.1. The van der Waals surface area contributed by atoms with Gasteiger partial charge in [-0.05, 0) is 38.7 Å². The number of unbranched alkanes of at least 4 members (excludes halogenated alkanes) is 3. The highest BCUT2D eigenvalue weighted by Crippen LogP contribution is 2.36. The summed E-state index contributed by atoms with van der Waals surface area (Å²) in [6, 6.07) is 19.2. The van der Waals surface area contributed by atoms with E-state index >= 15 is 0 Å². The summed E-state index contributed by atoms with van der Waals surface area (Å²) in [7, 11) is 0. The van der Waals surface area contributed by atoms with Crippen LogP contribution in [0.1, 0.15) is 49.4 Å². The van der Waals surface area contributed by atoms with Gasteiger partial charge in [0, 0.05) is 12.0 Å². The standard InChI is InChI=1S/C23H22O/c1-2-3-4-5-9-21(24)19-14-12-18-11-10-16-7-6-8-17-13-15-20(19)23(18)22(16)17/h6-8,10-15H,2-5,9H2,1H3. The Morgan fingerprint density at radius 2 is 1.42 bits per heavy atom. The van der Waals surface area contributed by atoms with Gasteiger partial charge in [-0.2, -0.15) is 0 Å². The summed E-state index contributed by atoms with van der Waals surface area (Å²) < 4.78 is 0. The van der Waals surface area contributed by atoms with Crippen molar-refractivity contribution in [1.82, 2.24) is 0 Å². The van der Waals surface area contributed by atoms with Crippen molar-refractivity contribution in [3.05, 3.63) is 60.2 Å². The Morgan fingerprint density at radius 3 is 2.17 bits per heavy atom. The molecule has 0 aliphatic rings. The first-order valence-corrected chi connectivity index (χ1v) is 8.99. The van der Waals surface area contributed by atoms with Crippen molar-refractivity contribution in [2.45, 2.75) is 39.0 Å². The molecule has 4 rings (SSSR count). The third-order valence-electron chi connectivity index (χ3n) is 5.09. The van der Waals surface area contributed by atoms with E-state index in [1.54, 1.807) is 0 Å². The summed E-state index contributed by atoms with van der Waals surface area (Å²) in [5.74, 6) is 0.282. The normalized spacial score (nSPS) is 11.7. The summed E-state index contributed by atoms with van der Waals surface area (Å²) in [6.07, 6.45) is 5.21. The molecule has 120 valence electrons. The van der Waals surface area contributed by atoms with Crippen LogP contribution < -0.4 is 0 Å². The third-order valence-corrected chi connectivity index (χ3v) is 5.09. The Hall–Kier alpha value is -2.41. The monoisotopic (exact) mass is 314 g/mol. The molecular formula is C23H22O. The molecule has 1 heteroatoms. The lowest BCUT2D eigenvalue weighted by molar-refractivity contribution is 0.0981. The quantitative estimate of drug-likeness (QED) is 0.219. The number of hydrogen-bond donors (Lipinski definition) is 0. The van der Waals surface area contributed by atoms with Crippen LogP contribution in [0.25, 0.3) is 32.3 Å². The van der Waals surface area contributed by atoms with Gasteiger partial charge in [-0.3, -0.25) is 4.79 Å². The van der Waals surface area contributed by atoms with Crippen molar-refractivity contribution < 1.29 is 4.79 Å². The fourth-order valence-electron chi connectivity index (χ4n) is 3.83. The fraction of sp³-hybridized carbons (Fsp3) is 0.261. The van der Waals surface area contributed by atoms with E-state index in [0.29, 0.717) is 6.42 Å². The van der Waals surface area contributed by atoms with Gasteiger partial charge >= 0.3 is 0 Å². The highest BCUT2D eigenvalue weighted by Gasteiger charge is 2.14. The molecule has 0 atom stereocenters. The Labute approximate surface area is 142 Å². The molecule has 0 N–H and O–H groups in total. The van der Waals surface area contributed by atoms with Gasteiger partial charge < -0.3 is 0 Å². The van der Waals surface area contributed by atoms with E-state index in [1.165, 1.54) is 39.8 Å². The molecule has 0 saturated carbocycles. The van der Waals surface area contributed by atoms with E-state index in [2.05, 4.69) is 55.5 Å². The second-order valence-electron chi connectivity index (χ2n) is 6.70. The predicted molar refractivity (Wildman–Crippen MR) is 103 cm³/mol. The molecule has 0 aliphatic heterocycles. The number of carbonyl (C=O) groups is 1. The van der Waals surface area contributed by atoms with Gasteiger partial charge in [-0.1, -0.05) is 80.8 Å². The largest absolute Gasteiger partial charge is 0.294 e. The number of benzene rings is 4. The summed E-state index contributed by atoms with van der Waals surface area (Å²) in [5.41, 5.74) is 0.886. The average Bonchev–Trinajstić information content (AvgIpc) is 2.63. The summed E-state index contributed by atoms with van der Waals surface area (Å²) in [6.45, 7) is 2.20. The average molecular weight is 314 g/mol. The molecule has 0 saturated heterocycles. The Morgan fingerprint density at radius 1 is 0.750 bits per heavy atom. The van der Waals surface area contributed by atoms with Gasteiger partial charge in [-0.15, -0.1) is 0 Å². The van der Waals surface area contributed by atoms with Crippen molar-refractivity contribution in [3.63, 3.8) is 0 Å².